The van der Waals surface area contributed by atoms with E-state index in [1.807, 2.05) is 31.2 Å². The van der Waals surface area contributed by atoms with Crippen LogP contribution in [0.2, 0.25) is 0 Å². The normalized spacial score (nSPS) is 18.3. The molecule has 1 atom stereocenters. The Balaban J connectivity index is 1.96. The molecule has 0 aliphatic heterocycles. The van der Waals surface area contributed by atoms with E-state index in [1.165, 1.54) is 0 Å². The van der Waals surface area contributed by atoms with Crippen LogP contribution < -0.4 is 15.8 Å². The van der Waals surface area contributed by atoms with Crippen LogP contribution in [0.3, 0.4) is 0 Å². The molecule has 3 N–H and O–H groups in total. The Hall–Kier alpha value is -1.55. The fourth-order valence-corrected chi connectivity index (χ4v) is 2.52. The molecule has 104 valence electrons. The zero-order valence-electron chi connectivity index (χ0n) is 11.6. The number of rotatable bonds is 5. The molecule has 0 bridgehead atoms. The predicted molar refractivity (Wildman–Crippen MR) is 74.9 cm³/mol. The number of nitrogens with one attached hydrogen (secondary N) is 1. The molecule has 1 aromatic rings. The number of carbonyl (C=O) groups excluding carboxylic acids is 1. The van der Waals surface area contributed by atoms with Gasteiger partial charge < -0.3 is 15.8 Å². The summed E-state index contributed by atoms with van der Waals surface area (Å²) in [7, 11) is 1.64. The Morgan fingerprint density at radius 2 is 2.16 bits per heavy atom. The number of ether oxygens (including phenoxy) is 1. The number of amides is 1. The minimum absolute atomic E-state index is 0.0145. The number of hydrogen-bond acceptors (Lipinski definition) is 3. The van der Waals surface area contributed by atoms with Gasteiger partial charge in [-0.05, 0) is 32.3 Å². The van der Waals surface area contributed by atoms with Crippen molar-refractivity contribution < 1.29 is 9.53 Å². The lowest BCUT2D eigenvalue weighted by molar-refractivity contribution is -0.123. The third-order valence-electron chi connectivity index (χ3n) is 3.84. The molecule has 1 aliphatic carbocycles. The summed E-state index contributed by atoms with van der Waals surface area (Å²) in [5.41, 5.74) is 6.80. The average Bonchev–Trinajstić information content (AvgIpc) is 2.36. The molecule has 4 nitrogen and oxygen atoms in total. The molecule has 0 radical (unpaired) electrons. The van der Waals surface area contributed by atoms with Gasteiger partial charge in [-0.15, -0.1) is 0 Å². The first-order valence-corrected chi connectivity index (χ1v) is 6.75. The molecule has 0 aromatic heterocycles. The molecule has 0 spiro atoms. The van der Waals surface area contributed by atoms with Crippen molar-refractivity contribution in [3.63, 3.8) is 0 Å². The van der Waals surface area contributed by atoms with Crippen LogP contribution in [0.4, 0.5) is 0 Å². The van der Waals surface area contributed by atoms with Gasteiger partial charge in [0.15, 0.2) is 0 Å². The van der Waals surface area contributed by atoms with Crippen LogP contribution in [-0.2, 0) is 4.79 Å². The largest absolute Gasteiger partial charge is 0.496 e. The van der Waals surface area contributed by atoms with Crippen LogP contribution in [0.15, 0.2) is 24.3 Å². The number of methoxy groups -OCH3 is 1. The van der Waals surface area contributed by atoms with Crippen LogP contribution in [0.5, 0.6) is 5.75 Å². The predicted octanol–water partition coefficient (Wildman–Crippen LogP) is 2.14. The van der Waals surface area contributed by atoms with Crippen molar-refractivity contribution in [2.45, 2.75) is 44.2 Å². The van der Waals surface area contributed by atoms with Gasteiger partial charge in [-0.25, -0.2) is 0 Å². The van der Waals surface area contributed by atoms with E-state index in [0.717, 1.165) is 30.6 Å². The third-order valence-corrected chi connectivity index (χ3v) is 3.84. The summed E-state index contributed by atoms with van der Waals surface area (Å²) in [4.78, 5) is 12.0. The second-order valence-corrected chi connectivity index (χ2v) is 5.42. The van der Waals surface area contributed by atoms with Gasteiger partial charge in [0, 0.05) is 17.5 Å². The molecule has 4 heteroatoms. The fraction of sp³-hybridized carbons (Fsp3) is 0.533. The minimum atomic E-state index is -0.273. The molecular formula is C15H22N2O2. The van der Waals surface area contributed by atoms with E-state index in [1.54, 1.807) is 7.11 Å². The first kappa shape index (κ1) is 13.9. The summed E-state index contributed by atoms with van der Waals surface area (Å²) in [6.45, 7) is 1.96. The standard InChI is InChI=1S/C15H22N2O2/c1-11(12-6-3-4-7-13(12)19-2)17-14(18)10-15(16)8-5-9-15/h3-4,6-7,11H,5,8-10,16H2,1-2H3,(H,17,18)/t11-/m1/s1. The van der Waals surface area contributed by atoms with Crippen LogP contribution in [-0.4, -0.2) is 18.6 Å². The highest BCUT2D eigenvalue weighted by Gasteiger charge is 2.34. The van der Waals surface area contributed by atoms with Crippen molar-refractivity contribution in [1.82, 2.24) is 5.32 Å². The summed E-state index contributed by atoms with van der Waals surface area (Å²) < 4.78 is 5.31. The highest BCUT2D eigenvalue weighted by Crippen LogP contribution is 2.32. The van der Waals surface area contributed by atoms with Gasteiger partial charge in [-0.1, -0.05) is 18.2 Å². The zero-order valence-corrected chi connectivity index (χ0v) is 11.6. The topological polar surface area (TPSA) is 64.3 Å². The van der Waals surface area contributed by atoms with E-state index >= 15 is 0 Å². The Kier molecular flexibility index (Phi) is 4.10. The summed E-state index contributed by atoms with van der Waals surface area (Å²) >= 11 is 0. The lowest BCUT2D eigenvalue weighted by Crippen LogP contribution is -2.50. The van der Waals surface area contributed by atoms with Gasteiger partial charge in [0.25, 0.3) is 0 Å². The molecule has 19 heavy (non-hydrogen) atoms. The molecule has 1 saturated carbocycles. The van der Waals surface area contributed by atoms with Gasteiger partial charge in [0.05, 0.1) is 13.2 Å². The highest BCUT2D eigenvalue weighted by molar-refractivity contribution is 5.78. The number of hydrogen-bond donors (Lipinski definition) is 2. The Bertz CT molecular complexity index is 455. The quantitative estimate of drug-likeness (QED) is 0.854. The average molecular weight is 262 g/mol. The second kappa shape index (κ2) is 5.61. The highest BCUT2D eigenvalue weighted by atomic mass is 16.5. The van der Waals surface area contributed by atoms with Crippen molar-refractivity contribution in [3.05, 3.63) is 29.8 Å². The van der Waals surface area contributed by atoms with Crippen LogP contribution in [0, 0.1) is 0 Å². The van der Waals surface area contributed by atoms with E-state index in [4.69, 9.17) is 10.5 Å². The molecule has 2 rings (SSSR count). The maximum absolute atomic E-state index is 12.0. The Morgan fingerprint density at radius 3 is 2.74 bits per heavy atom. The Labute approximate surface area is 114 Å². The molecule has 1 fully saturated rings. The molecule has 1 amide bonds. The van der Waals surface area contributed by atoms with Gasteiger partial charge in [-0.2, -0.15) is 0 Å². The lowest BCUT2D eigenvalue weighted by atomic mass is 9.75. The van der Waals surface area contributed by atoms with Crippen molar-refractivity contribution in [2.24, 2.45) is 5.73 Å². The number of para-hydroxylation sites is 1. The monoisotopic (exact) mass is 262 g/mol. The zero-order chi connectivity index (χ0) is 13.9. The van der Waals surface area contributed by atoms with Crippen molar-refractivity contribution in [1.29, 1.82) is 0 Å². The van der Waals surface area contributed by atoms with Crippen molar-refractivity contribution in [2.75, 3.05) is 7.11 Å². The third kappa shape index (κ3) is 3.26. The van der Waals surface area contributed by atoms with E-state index in [9.17, 15) is 4.79 Å². The molecule has 0 saturated heterocycles. The summed E-state index contributed by atoms with van der Waals surface area (Å²) in [6, 6.07) is 7.64. The molecule has 1 aromatic carbocycles. The van der Waals surface area contributed by atoms with Crippen LogP contribution in [0.1, 0.15) is 44.2 Å². The number of carbonyl (C=O) groups is 1. The van der Waals surface area contributed by atoms with Gasteiger partial charge >= 0.3 is 0 Å². The summed E-state index contributed by atoms with van der Waals surface area (Å²) in [5, 5.41) is 3.00. The first-order chi connectivity index (χ1) is 9.04. The van der Waals surface area contributed by atoms with E-state index < -0.39 is 0 Å². The fourth-order valence-electron chi connectivity index (χ4n) is 2.52. The lowest BCUT2D eigenvalue weighted by Gasteiger charge is -2.37. The van der Waals surface area contributed by atoms with E-state index in [-0.39, 0.29) is 17.5 Å². The van der Waals surface area contributed by atoms with E-state index in [0.29, 0.717) is 6.42 Å². The smallest absolute Gasteiger partial charge is 0.222 e. The number of benzene rings is 1. The van der Waals surface area contributed by atoms with Gasteiger partial charge in [0.2, 0.25) is 5.91 Å². The maximum atomic E-state index is 12.0. The summed E-state index contributed by atoms with van der Waals surface area (Å²) in [5.74, 6) is 0.807. The Morgan fingerprint density at radius 1 is 1.47 bits per heavy atom. The van der Waals surface area contributed by atoms with Crippen molar-refractivity contribution >= 4 is 5.91 Å². The number of nitrogens with two attached hydrogens (primary N) is 1. The molecular weight excluding hydrogens is 240 g/mol. The molecule has 0 unspecified atom stereocenters. The molecule has 0 heterocycles. The SMILES string of the molecule is COc1ccccc1[C@@H](C)NC(=O)CC1(N)CCC1. The summed E-state index contributed by atoms with van der Waals surface area (Å²) in [6.07, 6.45) is 3.44. The van der Waals surface area contributed by atoms with Crippen LogP contribution >= 0.6 is 0 Å². The van der Waals surface area contributed by atoms with E-state index in [2.05, 4.69) is 5.32 Å². The molecule has 1 aliphatic rings. The van der Waals surface area contributed by atoms with Gasteiger partial charge in [0.1, 0.15) is 5.75 Å². The van der Waals surface area contributed by atoms with Crippen molar-refractivity contribution in [3.8, 4) is 5.75 Å². The first-order valence-electron chi connectivity index (χ1n) is 6.75. The van der Waals surface area contributed by atoms with Gasteiger partial charge in [-0.3, -0.25) is 4.79 Å². The van der Waals surface area contributed by atoms with Crippen LogP contribution in [0.25, 0.3) is 0 Å². The minimum Gasteiger partial charge on any atom is -0.496 e. The maximum Gasteiger partial charge on any atom is 0.222 e. The second-order valence-electron chi connectivity index (χ2n) is 5.42.